The minimum Gasteiger partial charge on any atom is -0.455 e. The smallest absolute Gasteiger partial charge is 0.159 e. The molecular formula is C38H25NO2. The number of benzene rings is 6. The molecule has 0 saturated heterocycles. The molecule has 41 heavy (non-hydrogen) atoms. The van der Waals surface area contributed by atoms with E-state index in [1.165, 1.54) is 5.39 Å². The molecule has 3 nitrogen and oxygen atoms in total. The van der Waals surface area contributed by atoms with Gasteiger partial charge in [-0.2, -0.15) is 0 Å². The van der Waals surface area contributed by atoms with E-state index < -0.39 is 0 Å². The Labute approximate surface area is 236 Å². The quantitative estimate of drug-likeness (QED) is 0.228. The molecule has 0 fully saturated rings. The standard InChI is InChI=1S/C38H25NO2/c1-24-25(2)40-38-29(24)14-9-18-35(38)39(34-17-7-11-26-10-3-4-12-30(26)34)28-22-20-27(21-23-28)31-15-8-16-33-32-13-5-6-19-36(32)41-37(31)33/h3-23H,1-2H2. The summed E-state index contributed by atoms with van der Waals surface area (Å²) in [4.78, 5) is 2.26. The van der Waals surface area contributed by atoms with E-state index in [0.717, 1.165) is 71.7 Å². The molecule has 0 unspecified atom stereocenters. The highest BCUT2D eigenvalue weighted by Gasteiger charge is 2.20. The number of nitrogens with zero attached hydrogens (tertiary/aromatic N) is 1. The van der Waals surface area contributed by atoms with Crippen molar-refractivity contribution in [3.63, 3.8) is 0 Å². The lowest BCUT2D eigenvalue weighted by molar-refractivity contribution is 0.578. The molecule has 0 saturated carbocycles. The molecule has 0 aliphatic carbocycles. The van der Waals surface area contributed by atoms with Gasteiger partial charge in [-0.15, -0.1) is 0 Å². The third-order valence-corrected chi connectivity index (χ3v) is 7.97. The van der Waals surface area contributed by atoms with Crippen molar-refractivity contribution in [2.75, 3.05) is 4.90 Å². The van der Waals surface area contributed by atoms with E-state index in [4.69, 9.17) is 8.83 Å². The Morgan fingerprint density at radius 2 is 1.15 bits per heavy atom. The minimum atomic E-state index is 0.583. The summed E-state index contributed by atoms with van der Waals surface area (Å²) in [6.45, 7) is 8.29. The summed E-state index contributed by atoms with van der Waals surface area (Å²) in [5.74, 6) is 0. The molecule has 194 valence electrons. The average molecular weight is 528 g/mol. The fraction of sp³-hybridized carbons (Fsp3) is 0. The highest BCUT2D eigenvalue weighted by Crippen LogP contribution is 2.42. The fourth-order valence-corrected chi connectivity index (χ4v) is 5.96. The maximum Gasteiger partial charge on any atom is 0.159 e. The van der Waals surface area contributed by atoms with Gasteiger partial charge in [-0.1, -0.05) is 110 Å². The molecule has 6 aromatic carbocycles. The van der Waals surface area contributed by atoms with Gasteiger partial charge in [0, 0.05) is 38.0 Å². The zero-order valence-electron chi connectivity index (χ0n) is 22.3. The summed E-state index contributed by atoms with van der Waals surface area (Å²) >= 11 is 0. The van der Waals surface area contributed by atoms with Crippen molar-refractivity contribution in [2.45, 2.75) is 0 Å². The van der Waals surface area contributed by atoms with Crippen molar-refractivity contribution in [3.8, 4) is 11.1 Å². The molecule has 0 aliphatic rings. The Balaban J connectivity index is 1.34. The molecule has 0 amide bonds. The first kappa shape index (κ1) is 23.4. The van der Waals surface area contributed by atoms with Crippen molar-refractivity contribution in [1.82, 2.24) is 0 Å². The van der Waals surface area contributed by atoms with Gasteiger partial charge in [0.1, 0.15) is 16.6 Å². The Morgan fingerprint density at radius 1 is 0.488 bits per heavy atom. The van der Waals surface area contributed by atoms with Crippen LogP contribution in [0.1, 0.15) is 0 Å². The number of hydrogen-bond acceptors (Lipinski definition) is 3. The molecule has 8 aromatic rings. The van der Waals surface area contributed by atoms with Gasteiger partial charge in [-0.25, -0.2) is 0 Å². The van der Waals surface area contributed by atoms with Crippen LogP contribution < -0.4 is 15.5 Å². The minimum absolute atomic E-state index is 0.583. The van der Waals surface area contributed by atoms with Gasteiger partial charge in [0.05, 0.1) is 11.4 Å². The number of rotatable bonds is 4. The largest absolute Gasteiger partial charge is 0.455 e. The first-order chi connectivity index (χ1) is 20.2. The van der Waals surface area contributed by atoms with E-state index in [2.05, 4.69) is 127 Å². The third kappa shape index (κ3) is 3.60. The molecule has 0 aliphatic heterocycles. The third-order valence-electron chi connectivity index (χ3n) is 7.97. The molecule has 2 aromatic heterocycles. The first-order valence-corrected chi connectivity index (χ1v) is 13.7. The van der Waals surface area contributed by atoms with Crippen molar-refractivity contribution in [2.24, 2.45) is 0 Å². The van der Waals surface area contributed by atoms with E-state index in [1.54, 1.807) is 0 Å². The van der Waals surface area contributed by atoms with E-state index >= 15 is 0 Å². The fourth-order valence-electron chi connectivity index (χ4n) is 5.96. The number of para-hydroxylation sites is 3. The van der Waals surface area contributed by atoms with Crippen molar-refractivity contribution < 1.29 is 8.83 Å². The van der Waals surface area contributed by atoms with Crippen LogP contribution in [0.5, 0.6) is 0 Å². The maximum absolute atomic E-state index is 6.33. The van der Waals surface area contributed by atoms with Crippen LogP contribution in [-0.4, -0.2) is 0 Å². The molecule has 0 atom stereocenters. The Morgan fingerprint density at radius 3 is 2.02 bits per heavy atom. The van der Waals surface area contributed by atoms with Crippen molar-refractivity contribution in [1.29, 1.82) is 0 Å². The lowest BCUT2D eigenvalue weighted by atomic mass is 10.0. The second-order valence-electron chi connectivity index (χ2n) is 10.3. The number of furan rings is 2. The predicted molar refractivity (Wildman–Crippen MR) is 171 cm³/mol. The molecule has 2 heterocycles. The molecule has 8 rings (SSSR count). The van der Waals surface area contributed by atoms with Crippen LogP contribution in [0.3, 0.4) is 0 Å². The predicted octanol–water partition coefficient (Wildman–Crippen LogP) is 9.44. The summed E-state index contributed by atoms with van der Waals surface area (Å²) in [5.41, 5.74) is 8.33. The van der Waals surface area contributed by atoms with Gasteiger partial charge in [0.15, 0.2) is 5.58 Å². The Kier molecular flexibility index (Phi) is 5.13. The highest BCUT2D eigenvalue weighted by molar-refractivity contribution is 6.09. The summed E-state index contributed by atoms with van der Waals surface area (Å²) < 4.78 is 12.5. The average Bonchev–Trinajstić information content (AvgIpc) is 3.55. The number of fused-ring (bicyclic) bond motifs is 5. The molecule has 0 bridgehead atoms. The monoisotopic (exact) mass is 527 g/mol. The van der Waals surface area contributed by atoms with Crippen LogP contribution in [0.25, 0.3) is 68.0 Å². The van der Waals surface area contributed by atoms with Crippen molar-refractivity contribution in [3.05, 3.63) is 138 Å². The second-order valence-corrected chi connectivity index (χ2v) is 10.3. The van der Waals surface area contributed by atoms with Gasteiger partial charge in [0.25, 0.3) is 0 Å². The van der Waals surface area contributed by atoms with Gasteiger partial charge < -0.3 is 13.7 Å². The number of anilines is 3. The van der Waals surface area contributed by atoms with Crippen LogP contribution in [0.15, 0.2) is 136 Å². The summed E-state index contributed by atoms with van der Waals surface area (Å²) in [6.07, 6.45) is 0. The van der Waals surface area contributed by atoms with Gasteiger partial charge in [-0.3, -0.25) is 0 Å². The molecule has 0 radical (unpaired) electrons. The van der Waals surface area contributed by atoms with Gasteiger partial charge in [0.2, 0.25) is 0 Å². The lowest BCUT2D eigenvalue weighted by Crippen LogP contribution is -2.15. The SMILES string of the molecule is C=c1oc2c(N(c3ccc(-c4cccc5c4oc4ccccc45)cc3)c3cccc4ccccc34)cccc2c1=C. The number of hydrogen-bond donors (Lipinski definition) is 0. The highest BCUT2D eigenvalue weighted by atomic mass is 16.3. The lowest BCUT2D eigenvalue weighted by Gasteiger charge is -2.27. The molecule has 0 spiro atoms. The van der Waals surface area contributed by atoms with E-state index in [9.17, 15) is 0 Å². The Bertz CT molecular complexity index is 2350. The van der Waals surface area contributed by atoms with E-state index in [1.807, 2.05) is 18.2 Å². The van der Waals surface area contributed by atoms with Crippen LogP contribution in [0.4, 0.5) is 17.1 Å². The molecule has 3 heteroatoms. The van der Waals surface area contributed by atoms with Gasteiger partial charge in [-0.05, 0) is 41.3 Å². The van der Waals surface area contributed by atoms with Crippen molar-refractivity contribution >= 4 is 73.9 Å². The summed E-state index contributed by atoms with van der Waals surface area (Å²) in [6, 6.07) is 44.2. The summed E-state index contributed by atoms with van der Waals surface area (Å²) in [5, 5.41) is 6.35. The van der Waals surface area contributed by atoms with Crippen LogP contribution in [-0.2, 0) is 0 Å². The first-order valence-electron chi connectivity index (χ1n) is 13.7. The molecule has 0 N–H and O–H groups in total. The Hall–Kier alpha value is -5.54. The maximum atomic E-state index is 6.33. The zero-order chi connectivity index (χ0) is 27.5. The van der Waals surface area contributed by atoms with Crippen LogP contribution in [0.2, 0.25) is 0 Å². The molecular weight excluding hydrogens is 502 g/mol. The van der Waals surface area contributed by atoms with Crippen LogP contribution >= 0.6 is 0 Å². The van der Waals surface area contributed by atoms with E-state index in [-0.39, 0.29) is 0 Å². The van der Waals surface area contributed by atoms with E-state index in [0.29, 0.717) is 5.42 Å². The summed E-state index contributed by atoms with van der Waals surface area (Å²) in [7, 11) is 0. The zero-order valence-corrected chi connectivity index (χ0v) is 22.3. The topological polar surface area (TPSA) is 29.5 Å². The normalized spacial score (nSPS) is 11.6. The van der Waals surface area contributed by atoms with Gasteiger partial charge >= 0.3 is 0 Å². The van der Waals surface area contributed by atoms with Crippen LogP contribution in [0, 0.1) is 0 Å². The second kappa shape index (κ2) is 9.00.